The molecule has 0 saturated carbocycles. The van der Waals surface area contributed by atoms with Crippen molar-refractivity contribution in [2.75, 3.05) is 13.6 Å². The minimum absolute atomic E-state index is 0. The predicted molar refractivity (Wildman–Crippen MR) is 126 cm³/mol. The van der Waals surface area contributed by atoms with Crippen LogP contribution in [-0.2, 0) is 26.1 Å². The van der Waals surface area contributed by atoms with E-state index in [2.05, 4.69) is 71.1 Å². The highest BCUT2D eigenvalue weighted by atomic mass is 127. The highest BCUT2D eigenvalue weighted by Gasteiger charge is 2.04. The summed E-state index contributed by atoms with van der Waals surface area (Å²) in [6, 6.07) is 8.56. The average Bonchev–Trinajstić information content (AvgIpc) is 3.33. The highest BCUT2D eigenvalue weighted by Crippen LogP contribution is 2.08. The topological polar surface area (TPSA) is 85.0 Å². The summed E-state index contributed by atoms with van der Waals surface area (Å²) in [5.74, 6) is 2.80. The maximum Gasteiger partial charge on any atom is 0.191 e. The minimum Gasteiger partial charge on any atom is -0.355 e. The van der Waals surface area contributed by atoms with Gasteiger partial charge < -0.3 is 19.8 Å². The number of nitrogens with zero attached hydrogens (tertiary/aromatic N) is 6. The number of imidazole rings is 1. The van der Waals surface area contributed by atoms with Crippen molar-refractivity contribution < 1.29 is 0 Å². The predicted octanol–water partition coefficient (Wildman–Crippen LogP) is 2.38. The number of hydrogen-bond acceptors (Lipinski definition) is 4. The van der Waals surface area contributed by atoms with Gasteiger partial charge in [0.15, 0.2) is 5.96 Å². The Bertz CT molecular complexity index is 915. The summed E-state index contributed by atoms with van der Waals surface area (Å²) in [6.07, 6.45) is 6.48. The molecule has 0 fully saturated rings. The van der Waals surface area contributed by atoms with E-state index in [-0.39, 0.29) is 24.0 Å². The van der Waals surface area contributed by atoms with Gasteiger partial charge in [-0.15, -0.1) is 34.2 Å². The number of hydrogen-bond donors (Lipinski definition) is 2. The Morgan fingerprint density at radius 1 is 1.17 bits per heavy atom. The molecule has 9 heteroatoms. The van der Waals surface area contributed by atoms with Crippen LogP contribution in [0.3, 0.4) is 0 Å². The normalized spacial score (nSPS) is 11.2. The van der Waals surface area contributed by atoms with Crippen LogP contribution in [0.15, 0.2) is 48.0 Å². The minimum atomic E-state index is 0. The molecule has 0 bridgehead atoms. The van der Waals surface area contributed by atoms with Gasteiger partial charge in [0.1, 0.15) is 18.0 Å². The second kappa shape index (κ2) is 11.5. The van der Waals surface area contributed by atoms with Gasteiger partial charge in [-0.25, -0.2) is 4.98 Å². The van der Waals surface area contributed by atoms with E-state index < -0.39 is 0 Å². The fraction of sp³-hybridized carbons (Fsp3) is 0.400. The summed E-state index contributed by atoms with van der Waals surface area (Å²) in [4.78, 5) is 8.58. The van der Waals surface area contributed by atoms with E-state index in [9.17, 15) is 0 Å². The van der Waals surface area contributed by atoms with Crippen molar-refractivity contribution in [3.63, 3.8) is 0 Å². The largest absolute Gasteiger partial charge is 0.355 e. The number of aromatic nitrogens is 5. The van der Waals surface area contributed by atoms with E-state index in [1.807, 2.05) is 19.3 Å². The number of aliphatic imine (C=N–C) groups is 1. The molecule has 8 nitrogen and oxygen atoms in total. The molecule has 0 aliphatic carbocycles. The monoisotopic (exact) mass is 508 g/mol. The van der Waals surface area contributed by atoms with Crippen molar-refractivity contribution in [3.05, 3.63) is 65.8 Å². The first-order valence-corrected chi connectivity index (χ1v) is 9.56. The standard InChI is InChI=1S/C20H28N8.HI/c1-4-19-26-25-15-28(19)11-9-23-20(21-3)24-13-17-6-5-7-18(12-17)14-27-10-8-22-16(27)2;/h5-8,10,12,15H,4,9,11,13-14H2,1-3H3,(H2,21,23,24);1H. The van der Waals surface area contributed by atoms with Crippen LogP contribution < -0.4 is 10.6 Å². The lowest BCUT2D eigenvalue weighted by Gasteiger charge is -2.13. The van der Waals surface area contributed by atoms with Crippen molar-refractivity contribution in [3.8, 4) is 0 Å². The molecule has 3 aromatic rings. The molecule has 156 valence electrons. The van der Waals surface area contributed by atoms with Gasteiger partial charge in [-0.05, 0) is 18.1 Å². The maximum atomic E-state index is 4.30. The van der Waals surface area contributed by atoms with Gasteiger partial charge in [0.25, 0.3) is 0 Å². The zero-order chi connectivity index (χ0) is 19.8. The smallest absolute Gasteiger partial charge is 0.191 e. The van der Waals surface area contributed by atoms with Crippen molar-refractivity contribution in [2.45, 2.75) is 39.9 Å². The molecule has 0 aliphatic heterocycles. The van der Waals surface area contributed by atoms with Gasteiger partial charge in [-0.2, -0.15) is 0 Å². The third-order valence-electron chi connectivity index (χ3n) is 4.61. The Kier molecular flexibility index (Phi) is 9.10. The summed E-state index contributed by atoms with van der Waals surface area (Å²) in [7, 11) is 1.78. The molecule has 0 aliphatic rings. The highest BCUT2D eigenvalue weighted by molar-refractivity contribution is 14.0. The summed E-state index contributed by atoms with van der Waals surface area (Å²) in [5.41, 5.74) is 2.47. The van der Waals surface area contributed by atoms with Gasteiger partial charge in [0.05, 0.1) is 0 Å². The molecule has 0 saturated heterocycles. The molecule has 29 heavy (non-hydrogen) atoms. The third-order valence-corrected chi connectivity index (χ3v) is 4.61. The Balaban J connectivity index is 0.00000300. The Hall–Kier alpha value is -2.43. The van der Waals surface area contributed by atoms with Gasteiger partial charge >= 0.3 is 0 Å². The first-order chi connectivity index (χ1) is 13.7. The van der Waals surface area contributed by atoms with E-state index in [0.717, 1.165) is 43.7 Å². The van der Waals surface area contributed by atoms with E-state index in [4.69, 9.17) is 0 Å². The van der Waals surface area contributed by atoms with Crippen molar-refractivity contribution in [1.29, 1.82) is 0 Å². The van der Waals surface area contributed by atoms with Crippen LogP contribution in [0.2, 0.25) is 0 Å². The van der Waals surface area contributed by atoms with Crippen LogP contribution in [0.25, 0.3) is 0 Å². The number of guanidine groups is 1. The molecule has 2 N–H and O–H groups in total. The lowest BCUT2D eigenvalue weighted by Crippen LogP contribution is -2.38. The zero-order valence-electron chi connectivity index (χ0n) is 17.2. The van der Waals surface area contributed by atoms with E-state index in [1.165, 1.54) is 11.1 Å². The molecule has 0 radical (unpaired) electrons. The molecular weight excluding hydrogens is 479 g/mol. The lowest BCUT2D eigenvalue weighted by atomic mass is 10.1. The van der Waals surface area contributed by atoms with Crippen LogP contribution in [-0.4, -0.2) is 43.9 Å². The summed E-state index contributed by atoms with van der Waals surface area (Å²) < 4.78 is 4.20. The van der Waals surface area contributed by atoms with Crippen molar-refractivity contribution in [1.82, 2.24) is 34.9 Å². The maximum absolute atomic E-state index is 4.30. The lowest BCUT2D eigenvalue weighted by molar-refractivity contribution is 0.632. The molecule has 2 aromatic heterocycles. The number of halogens is 1. The third kappa shape index (κ3) is 6.55. The molecular formula is C20H29IN8. The summed E-state index contributed by atoms with van der Waals surface area (Å²) in [6.45, 7) is 7.19. The van der Waals surface area contributed by atoms with E-state index >= 15 is 0 Å². The number of benzene rings is 1. The van der Waals surface area contributed by atoms with Gasteiger partial charge in [-0.3, -0.25) is 4.99 Å². The fourth-order valence-corrected chi connectivity index (χ4v) is 3.05. The number of aryl methyl sites for hydroxylation is 2. The number of nitrogens with one attached hydrogen (secondary N) is 2. The average molecular weight is 508 g/mol. The van der Waals surface area contributed by atoms with Crippen molar-refractivity contribution >= 4 is 29.9 Å². The van der Waals surface area contributed by atoms with Crippen LogP contribution >= 0.6 is 24.0 Å². The van der Waals surface area contributed by atoms with Gasteiger partial charge in [0.2, 0.25) is 0 Å². The molecule has 0 spiro atoms. The molecule has 1 aromatic carbocycles. The quantitative estimate of drug-likeness (QED) is 0.277. The molecule has 3 rings (SSSR count). The van der Waals surface area contributed by atoms with Crippen molar-refractivity contribution in [2.24, 2.45) is 4.99 Å². The summed E-state index contributed by atoms with van der Waals surface area (Å²) >= 11 is 0. The zero-order valence-corrected chi connectivity index (χ0v) is 19.5. The van der Waals surface area contributed by atoms with Gasteiger partial charge in [-0.1, -0.05) is 31.2 Å². The van der Waals surface area contributed by atoms with Crippen LogP contribution in [0.4, 0.5) is 0 Å². The Morgan fingerprint density at radius 2 is 2.00 bits per heavy atom. The number of rotatable bonds is 8. The second-order valence-corrected chi connectivity index (χ2v) is 6.57. The summed E-state index contributed by atoms with van der Waals surface area (Å²) in [5, 5.41) is 14.8. The first-order valence-electron chi connectivity index (χ1n) is 9.56. The SMILES string of the molecule is CCc1nncn1CCNC(=NC)NCc1cccc(Cn2ccnc2C)c1.I. The van der Waals surface area contributed by atoms with Crippen LogP contribution in [0.1, 0.15) is 29.7 Å². The molecule has 0 amide bonds. The Labute approximate surface area is 188 Å². The molecule has 2 heterocycles. The van der Waals surface area contributed by atoms with E-state index in [1.54, 1.807) is 13.4 Å². The second-order valence-electron chi connectivity index (χ2n) is 6.57. The van der Waals surface area contributed by atoms with E-state index in [0.29, 0.717) is 6.54 Å². The Morgan fingerprint density at radius 3 is 2.72 bits per heavy atom. The van der Waals surface area contributed by atoms with Crippen LogP contribution in [0, 0.1) is 6.92 Å². The van der Waals surface area contributed by atoms with Gasteiger partial charge in [0, 0.05) is 52.0 Å². The first kappa shape index (κ1) is 22.9. The van der Waals surface area contributed by atoms with Crippen LogP contribution in [0.5, 0.6) is 0 Å². The molecule has 0 atom stereocenters. The fourth-order valence-electron chi connectivity index (χ4n) is 3.05. The molecule has 0 unspecified atom stereocenters.